The Kier molecular flexibility index (Phi) is 18.0. The SMILES string of the molecule is CC(=O)CCCCCCC=CCC=CCC=CCC=CCCCC(=O)O. The summed E-state index contributed by atoms with van der Waals surface area (Å²) in [5.41, 5.74) is 0. The van der Waals surface area contributed by atoms with Gasteiger partial charge in [-0.1, -0.05) is 61.4 Å². The number of hydrogen-bond donors (Lipinski definition) is 1. The molecule has 1 N–H and O–H groups in total. The fourth-order valence-electron chi connectivity index (χ4n) is 2.41. The van der Waals surface area contributed by atoms with Crippen molar-refractivity contribution in [3.05, 3.63) is 48.6 Å². The molecule has 26 heavy (non-hydrogen) atoms. The van der Waals surface area contributed by atoms with Crippen LogP contribution in [-0.2, 0) is 9.59 Å². The number of Topliss-reactive ketones (excluding diaryl/α,β-unsaturated/α-hetero) is 1. The lowest BCUT2D eigenvalue weighted by Crippen LogP contribution is -1.92. The van der Waals surface area contributed by atoms with Crippen LogP contribution < -0.4 is 0 Å². The van der Waals surface area contributed by atoms with Crippen molar-refractivity contribution in [1.29, 1.82) is 0 Å². The highest BCUT2D eigenvalue weighted by molar-refractivity contribution is 5.75. The topological polar surface area (TPSA) is 54.4 Å². The summed E-state index contributed by atoms with van der Waals surface area (Å²) < 4.78 is 0. The fourth-order valence-corrected chi connectivity index (χ4v) is 2.41. The molecule has 146 valence electrons. The Balaban J connectivity index is 3.40. The van der Waals surface area contributed by atoms with Crippen LogP contribution >= 0.6 is 0 Å². The molecule has 0 amide bonds. The number of carbonyl (C=O) groups excluding carboxylic acids is 1. The number of unbranched alkanes of at least 4 members (excludes halogenated alkanes) is 5. The van der Waals surface area contributed by atoms with Crippen molar-refractivity contribution < 1.29 is 14.7 Å². The van der Waals surface area contributed by atoms with Gasteiger partial charge in [-0.05, 0) is 58.3 Å². The monoisotopic (exact) mass is 360 g/mol. The van der Waals surface area contributed by atoms with Crippen molar-refractivity contribution in [2.45, 2.75) is 84.0 Å². The Hall–Kier alpha value is -1.90. The van der Waals surface area contributed by atoms with Gasteiger partial charge in [0.25, 0.3) is 0 Å². The third-order valence-electron chi connectivity index (χ3n) is 3.89. The summed E-state index contributed by atoms with van der Waals surface area (Å²) in [4.78, 5) is 21.1. The molecule has 0 aliphatic heterocycles. The average molecular weight is 361 g/mol. The molecule has 0 radical (unpaired) electrons. The Labute approximate surface area is 159 Å². The predicted octanol–water partition coefficient (Wildman–Crippen LogP) is 6.57. The minimum atomic E-state index is -0.721. The molecule has 0 aliphatic rings. The average Bonchev–Trinajstić information content (AvgIpc) is 2.59. The number of rotatable bonds is 17. The summed E-state index contributed by atoms with van der Waals surface area (Å²) >= 11 is 0. The number of carboxylic acid groups (broad SMARTS) is 1. The molecule has 0 fully saturated rings. The van der Waals surface area contributed by atoms with Gasteiger partial charge in [0, 0.05) is 12.8 Å². The van der Waals surface area contributed by atoms with Crippen molar-refractivity contribution in [2.75, 3.05) is 0 Å². The highest BCUT2D eigenvalue weighted by atomic mass is 16.4. The third kappa shape index (κ3) is 22.1. The van der Waals surface area contributed by atoms with Gasteiger partial charge in [0.05, 0.1) is 0 Å². The van der Waals surface area contributed by atoms with E-state index in [0.717, 1.165) is 51.4 Å². The van der Waals surface area contributed by atoms with Crippen LogP contribution in [0.15, 0.2) is 48.6 Å². The van der Waals surface area contributed by atoms with E-state index in [4.69, 9.17) is 5.11 Å². The van der Waals surface area contributed by atoms with E-state index in [0.29, 0.717) is 12.2 Å². The van der Waals surface area contributed by atoms with Crippen LogP contribution in [0.5, 0.6) is 0 Å². The van der Waals surface area contributed by atoms with Crippen molar-refractivity contribution in [1.82, 2.24) is 0 Å². The molecule has 0 unspecified atom stereocenters. The molecule has 0 aromatic carbocycles. The van der Waals surface area contributed by atoms with Crippen LogP contribution in [0.2, 0.25) is 0 Å². The van der Waals surface area contributed by atoms with Gasteiger partial charge in [-0.15, -0.1) is 0 Å². The second kappa shape index (κ2) is 19.4. The molecule has 0 spiro atoms. The molecule has 0 aromatic heterocycles. The number of carboxylic acids is 1. The first-order valence-electron chi connectivity index (χ1n) is 9.94. The van der Waals surface area contributed by atoms with Gasteiger partial charge in [-0.2, -0.15) is 0 Å². The van der Waals surface area contributed by atoms with E-state index in [1.165, 1.54) is 12.8 Å². The molecule has 0 aromatic rings. The van der Waals surface area contributed by atoms with Crippen molar-refractivity contribution in [3.8, 4) is 0 Å². The molecule has 0 saturated carbocycles. The lowest BCUT2D eigenvalue weighted by molar-refractivity contribution is -0.137. The highest BCUT2D eigenvalue weighted by Crippen LogP contribution is 2.06. The maximum Gasteiger partial charge on any atom is 0.303 e. The van der Waals surface area contributed by atoms with Gasteiger partial charge in [0.15, 0.2) is 0 Å². The van der Waals surface area contributed by atoms with E-state index in [9.17, 15) is 9.59 Å². The second-order valence-electron chi connectivity index (χ2n) is 6.53. The summed E-state index contributed by atoms with van der Waals surface area (Å²) in [6, 6.07) is 0. The standard InChI is InChI=1S/C23H36O3/c1-22(24)20-18-16-14-12-10-8-6-4-2-3-5-7-9-11-13-15-17-19-21-23(25)26/h2-3,6-9,13,15H,4-5,10-12,14,16-21H2,1H3,(H,25,26). The zero-order valence-electron chi connectivity index (χ0n) is 16.4. The Bertz CT molecular complexity index is 470. The fraction of sp³-hybridized carbons (Fsp3) is 0.565. The normalized spacial score (nSPS) is 12.2. The zero-order chi connectivity index (χ0) is 19.3. The van der Waals surface area contributed by atoms with Crippen LogP contribution in [0.3, 0.4) is 0 Å². The number of hydrogen-bond acceptors (Lipinski definition) is 2. The minimum absolute atomic E-state index is 0.251. The first-order valence-corrected chi connectivity index (χ1v) is 9.94. The van der Waals surface area contributed by atoms with Gasteiger partial charge in [0.1, 0.15) is 5.78 Å². The van der Waals surface area contributed by atoms with Crippen molar-refractivity contribution in [3.63, 3.8) is 0 Å². The van der Waals surface area contributed by atoms with E-state index in [1.54, 1.807) is 6.92 Å². The van der Waals surface area contributed by atoms with Gasteiger partial charge < -0.3 is 9.90 Å². The van der Waals surface area contributed by atoms with E-state index in [1.807, 2.05) is 0 Å². The maximum absolute atomic E-state index is 10.8. The molecular formula is C23H36O3. The van der Waals surface area contributed by atoms with Crippen molar-refractivity contribution >= 4 is 11.8 Å². The summed E-state index contributed by atoms with van der Waals surface area (Å²) in [6.07, 6.45) is 28.4. The Morgan fingerprint density at radius 3 is 1.58 bits per heavy atom. The van der Waals surface area contributed by atoms with E-state index < -0.39 is 5.97 Å². The molecular weight excluding hydrogens is 324 g/mol. The van der Waals surface area contributed by atoms with Gasteiger partial charge >= 0.3 is 5.97 Å². The molecule has 0 heterocycles. The second-order valence-corrected chi connectivity index (χ2v) is 6.53. The molecule has 0 rings (SSSR count). The summed E-state index contributed by atoms with van der Waals surface area (Å²) in [6.45, 7) is 1.66. The number of aliphatic carboxylic acids is 1. The lowest BCUT2D eigenvalue weighted by atomic mass is 10.1. The van der Waals surface area contributed by atoms with Gasteiger partial charge in [0.2, 0.25) is 0 Å². The molecule has 0 aliphatic carbocycles. The number of allylic oxidation sites excluding steroid dienone is 8. The van der Waals surface area contributed by atoms with Crippen LogP contribution in [0.4, 0.5) is 0 Å². The van der Waals surface area contributed by atoms with E-state index >= 15 is 0 Å². The van der Waals surface area contributed by atoms with Gasteiger partial charge in [-0.25, -0.2) is 0 Å². The zero-order valence-corrected chi connectivity index (χ0v) is 16.4. The first-order chi connectivity index (χ1) is 12.6. The first kappa shape index (κ1) is 24.1. The molecule has 3 heteroatoms. The van der Waals surface area contributed by atoms with Crippen LogP contribution in [0, 0.1) is 0 Å². The highest BCUT2D eigenvalue weighted by Gasteiger charge is 1.93. The largest absolute Gasteiger partial charge is 0.481 e. The predicted molar refractivity (Wildman–Crippen MR) is 110 cm³/mol. The minimum Gasteiger partial charge on any atom is -0.481 e. The number of carbonyl (C=O) groups is 2. The van der Waals surface area contributed by atoms with E-state index in [2.05, 4.69) is 48.6 Å². The van der Waals surface area contributed by atoms with Crippen molar-refractivity contribution in [2.24, 2.45) is 0 Å². The third-order valence-corrected chi connectivity index (χ3v) is 3.89. The van der Waals surface area contributed by atoms with Gasteiger partial charge in [-0.3, -0.25) is 4.79 Å². The lowest BCUT2D eigenvalue weighted by Gasteiger charge is -1.97. The Morgan fingerprint density at radius 1 is 0.615 bits per heavy atom. The summed E-state index contributed by atoms with van der Waals surface area (Å²) in [7, 11) is 0. The van der Waals surface area contributed by atoms with Crippen LogP contribution in [-0.4, -0.2) is 16.9 Å². The molecule has 0 saturated heterocycles. The Morgan fingerprint density at radius 2 is 1.08 bits per heavy atom. The summed E-state index contributed by atoms with van der Waals surface area (Å²) in [5.74, 6) is -0.419. The smallest absolute Gasteiger partial charge is 0.303 e. The van der Waals surface area contributed by atoms with E-state index in [-0.39, 0.29) is 6.42 Å². The van der Waals surface area contributed by atoms with Crippen LogP contribution in [0.1, 0.15) is 84.0 Å². The molecule has 3 nitrogen and oxygen atoms in total. The number of ketones is 1. The van der Waals surface area contributed by atoms with Crippen LogP contribution in [0.25, 0.3) is 0 Å². The maximum atomic E-state index is 10.8. The quantitative estimate of drug-likeness (QED) is 0.236. The molecule has 0 bridgehead atoms. The summed E-state index contributed by atoms with van der Waals surface area (Å²) in [5, 5.41) is 8.52. The molecule has 0 atom stereocenters.